The highest BCUT2D eigenvalue weighted by Crippen LogP contribution is 2.24. The molecule has 1 atom stereocenters. The van der Waals surface area contributed by atoms with E-state index in [0.717, 1.165) is 18.4 Å². The number of rotatable bonds is 6. The summed E-state index contributed by atoms with van der Waals surface area (Å²) in [5.74, 6) is -0.0863. The zero-order valence-electron chi connectivity index (χ0n) is 14.8. The fraction of sp³-hybridized carbons (Fsp3) is 0.250. The van der Waals surface area contributed by atoms with Crippen molar-refractivity contribution >= 4 is 17.2 Å². The fourth-order valence-electron chi connectivity index (χ4n) is 2.74. The molecule has 0 fully saturated rings. The predicted molar refractivity (Wildman–Crippen MR) is 104 cm³/mol. The lowest BCUT2D eigenvalue weighted by molar-refractivity contribution is 0.0935. The summed E-state index contributed by atoms with van der Waals surface area (Å²) in [7, 11) is 1.69. The first-order chi connectivity index (χ1) is 12.6. The van der Waals surface area contributed by atoms with E-state index in [1.165, 1.54) is 15.6 Å². The number of carbonyl (C=O) groups excluding carboxylic acids is 1. The second-order valence-electron chi connectivity index (χ2n) is 6.13. The van der Waals surface area contributed by atoms with E-state index in [1.54, 1.807) is 36.7 Å². The molecule has 0 aliphatic heterocycles. The van der Waals surface area contributed by atoms with Gasteiger partial charge in [0.15, 0.2) is 0 Å². The van der Waals surface area contributed by atoms with E-state index in [0.29, 0.717) is 11.3 Å². The SMILES string of the molecule is CCCC(NC(=O)c1ccc(-c2cn(C)c(=O)cn2)cc1)c1cccs1. The number of nitrogens with one attached hydrogen (secondary N) is 1. The van der Waals surface area contributed by atoms with E-state index in [2.05, 4.69) is 23.3 Å². The molecule has 2 heterocycles. The first kappa shape index (κ1) is 18.1. The highest BCUT2D eigenvalue weighted by Gasteiger charge is 2.16. The van der Waals surface area contributed by atoms with Crippen LogP contribution in [0.2, 0.25) is 0 Å². The van der Waals surface area contributed by atoms with Gasteiger partial charge in [-0.25, -0.2) is 4.98 Å². The second kappa shape index (κ2) is 8.10. The molecule has 0 radical (unpaired) electrons. The largest absolute Gasteiger partial charge is 0.344 e. The summed E-state index contributed by atoms with van der Waals surface area (Å²) in [6.07, 6.45) is 4.89. The summed E-state index contributed by atoms with van der Waals surface area (Å²) >= 11 is 1.66. The van der Waals surface area contributed by atoms with Crippen molar-refractivity contribution in [3.05, 3.63) is 75.0 Å². The molecule has 1 unspecified atom stereocenters. The molecule has 1 amide bonds. The van der Waals surface area contributed by atoms with Gasteiger partial charge in [0, 0.05) is 29.2 Å². The highest BCUT2D eigenvalue weighted by molar-refractivity contribution is 7.10. The molecule has 1 N–H and O–H groups in total. The molecule has 26 heavy (non-hydrogen) atoms. The molecule has 0 bridgehead atoms. The van der Waals surface area contributed by atoms with E-state index >= 15 is 0 Å². The van der Waals surface area contributed by atoms with Gasteiger partial charge >= 0.3 is 0 Å². The highest BCUT2D eigenvalue weighted by atomic mass is 32.1. The normalized spacial score (nSPS) is 11.9. The van der Waals surface area contributed by atoms with Gasteiger partial charge in [0.25, 0.3) is 11.5 Å². The average molecular weight is 367 g/mol. The maximum atomic E-state index is 12.6. The third-order valence-corrected chi connectivity index (χ3v) is 5.18. The van der Waals surface area contributed by atoms with Crippen molar-refractivity contribution in [2.75, 3.05) is 0 Å². The van der Waals surface area contributed by atoms with Crippen molar-refractivity contribution < 1.29 is 4.79 Å². The number of thiophene rings is 1. The van der Waals surface area contributed by atoms with Gasteiger partial charge < -0.3 is 9.88 Å². The Balaban J connectivity index is 1.76. The number of carbonyl (C=O) groups is 1. The molecule has 0 spiro atoms. The van der Waals surface area contributed by atoms with Crippen LogP contribution in [0, 0.1) is 0 Å². The molecule has 0 aliphatic rings. The van der Waals surface area contributed by atoms with Crippen molar-refractivity contribution in [2.45, 2.75) is 25.8 Å². The van der Waals surface area contributed by atoms with Crippen LogP contribution >= 0.6 is 11.3 Å². The monoisotopic (exact) mass is 367 g/mol. The van der Waals surface area contributed by atoms with Gasteiger partial charge in [0.1, 0.15) is 0 Å². The van der Waals surface area contributed by atoms with Crippen molar-refractivity contribution in [1.29, 1.82) is 0 Å². The number of benzene rings is 1. The Morgan fingerprint density at radius 3 is 2.65 bits per heavy atom. The van der Waals surface area contributed by atoms with Gasteiger partial charge in [0.05, 0.1) is 17.9 Å². The first-order valence-electron chi connectivity index (χ1n) is 8.56. The molecular formula is C20H21N3O2S. The number of amides is 1. The van der Waals surface area contributed by atoms with Crippen LogP contribution in [0.5, 0.6) is 0 Å². The second-order valence-corrected chi connectivity index (χ2v) is 7.11. The topological polar surface area (TPSA) is 64.0 Å². The third kappa shape index (κ3) is 4.08. The van der Waals surface area contributed by atoms with E-state index in [4.69, 9.17) is 0 Å². The quantitative estimate of drug-likeness (QED) is 0.721. The van der Waals surface area contributed by atoms with Gasteiger partial charge in [-0.1, -0.05) is 31.5 Å². The molecule has 0 saturated heterocycles. The molecule has 3 rings (SSSR count). The Kier molecular flexibility index (Phi) is 5.63. The molecule has 0 saturated carbocycles. The lowest BCUT2D eigenvalue weighted by Crippen LogP contribution is -2.27. The van der Waals surface area contributed by atoms with Crippen molar-refractivity contribution in [2.24, 2.45) is 7.05 Å². The molecule has 0 aliphatic carbocycles. The molecular weight excluding hydrogens is 346 g/mol. The number of aryl methyl sites for hydroxylation is 1. The number of aromatic nitrogens is 2. The van der Waals surface area contributed by atoms with Crippen LogP contribution in [0.1, 0.15) is 41.0 Å². The van der Waals surface area contributed by atoms with Gasteiger partial charge in [-0.2, -0.15) is 0 Å². The Morgan fingerprint density at radius 1 is 1.27 bits per heavy atom. The Morgan fingerprint density at radius 2 is 2.04 bits per heavy atom. The minimum Gasteiger partial charge on any atom is -0.344 e. The van der Waals surface area contributed by atoms with Crippen molar-refractivity contribution in [3.63, 3.8) is 0 Å². The Labute approximate surface area is 156 Å². The molecule has 3 aromatic rings. The van der Waals surface area contributed by atoms with E-state index in [-0.39, 0.29) is 17.5 Å². The summed E-state index contributed by atoms with van der Waals surface area (Å²) < 4.78 is 1.49. The summed E-state index contributed by atoms with van der Waals surface area (Å²) in [4.78, 5) is 29.4. The van der Waals surface area contributed by atoms with E-state index < -0.39 is 0 Å². The first-order valence-corrected chi connectivity index (χ1v) is 9.44. The molecule has 2 aromatic heterocycles. The third-order valence-electron chi connectivity index (χ3n) is 4.19. The van der Waals surface area contributed by atoms with Crippen LogP contribution in [0.25, 0.3) is 11.3 Å². The standard InChI is InChI=1S/C20H21N3O2S/c1-3-5-16(18-6-4-11-26-18)22-20(25)15-9-7-14(8-10-15)17-13-23(2)19(24)12-21-17/h4,6-13,16H,3,5H2,1-2H3,(H,22,25). The van der Waals surface area contributed by atoms with Gasteiger partial charge in [0.2, 0.25) is 0 Å². The van der Waals surface area contributed by atoms with E-state index in [1.807, 2.05) is 23.6 Å². The van der Waals surface area contributed by atoms with Crippen LogP contribution in [0.4, 0.5) is 0 Å². The minimum atomic E-state index is -0.153. The fourth-order valence-corrected chi connectivity index (χ4v) is 3.56. The Bertz CT molecular complexity index is 930. The Hall–Kier alpha value is -2.73. The lowest BCUT2D eigenvalue weighted by atomic mass is 10.1. The average Bonchev–Trinajstić information content (AvgIpc) is 3.18. The molecule has 134 valence electrons. The maximum absolute atomic E-state index is 12.6. The van der Waals surface area contributed by atoms with E-state index in [9.17, 15) is 9.59 Å². The van der Waals surface area contributed by atoms with Crippen LogP contribution in [-0.4, -0.2) is 15.5 Å². The summed E-state index contributed by atoms with van der Waals surface area (Å²) in [5, 5.41) is 5.15. The van der Waals surface area contributed by atoms with Crippen molar-refractivity contribution in [1.82, 2.24) is 14.9 Å². The molecule has 1 aromatic carbocycles. The number of nitrogens with zero attached hydrogens (tertiary/aromatic N) is 2. The van der Waals surface area contributed by atoms with Gasteiger partial charge in [-0.05, 0) is 30.0 Å². The molecule has 5 nitrogen and oxygen atoms in total. The van der Waals surface area contributed by atoms with Crippen molar-refractivity contribution in [3.8, 4) is 11.3 Å². The van der Waals surface area contributed by atoms with Gasteiger partial charge in [-0.3, -0.25) is 9.59 Å². The maximum Gasteiger partial charge on any atom is 0.268 e. The minimum absolute atomic E-state index is 0.0393. The summed E-state index contributed by atoms with van der Waals surface area (Å²) in [5.41, 5.74) is 2.01. The van der Waals surface area contributed by atoms with Crippen LogP contribution in [0.15, 0.2) is 59.0 Å². The van der Waals surface area contributed by atoms with Crippen LogP contribution in [-0.2, 0) is 7.05 Å². The van der Waals surface area contributed by atoms with Crippen LogP contribution in [0.3, 0.4) is 0 Å². The number of hydrogen-bond acceptors (Lipinski definition) is 4. The predicted octanol–water partition coefficient (Wildman–Crippen LogP) is 3.78. The lowest BCUT2D eigenvalue weighted by Gasteiger charge is -2.17. The number of hydrogen-bond donors (Lipinski definition) is 1. The smallest absolute Gasteiger partial charge is 0.268 e. The zero-order chi connectivity index (χ0) is 18.5. The zero-order valence-corrected chi connectivity index (χ0v) is 15.6. The summed E-state index contributed by atoms with van der Waals surface area (Å²) in [6.45, 7) is 2.11. The van der Waals surface area contributed by atoms with Gasteiger partial charge in [-0.15, -0.1) is 11.3 Å². The summed E-state index contributed by atoms with van der Waals surface area (Å²) in [6, 6.07) is 11.4. The van der Waals surface area contributed by atoms with Crippen LogP contribution < -0.4 is 10.9 Å². The molecule has 6 heteroatoms.